The molecule has 1 unspecified atom stereocenters. The molecule has 1 aromatic heterocycles. The molecule has 0 radical (unpaired) electrons. The van der Waals surface area contributed by atoms with E-state index in [1.54, 1.807) is 0 Å². The fraction of sp³-hybridized carbons (Fsp3) is 0.600. The van der Waals surface area contributed by atoms with Crippen molar-refractivity contribution in [3.63, 3.8) is 0 Å². The molecule has 134 valence electrons. The Morgan fingerprint density at radius 2 is 1.84 bits per heavy atom. The quantitative estimate of drug-likeness (QED) is 0.822. The average Bonchev–Trinajstić information content (AvgIpc) is 3.33. The molecule has 0 spiro atoms. The van der Waals surface area contributed by atoms with Crippen molar-refractivity contribution in [3.8, 4) is 0 Å². The summed E-state index contributed by atoms with van der Waals surface area (Å²) in [7, 11) is 0. The third-order valence-corrected chi connectivity index (χ3v) is 5.71. The normalized spacial score (nSPS) is 21.4. The van der Waals surface area contributed by atoms with Gasteiger partial charge >= 0.3 is 0 Å². The van der Waals surface area contributed by atoms with Crippen LogP contribution in [0.25, 0.3) is 0 Å². The van der Waals surface area contributed by atoms with E-state index in [1.165, 1.54) is 44.2 Å². The molecule has 1 atom stereocenters. The van der Waals surface area contributed by atoms with Crippen molar-refractivity contribution in [2.45, 2.75) is 52.0 Å². The standard InChI is InChI=1S/C20H27FN4/c1-15-10-11-24(13-15)20-23-22-19(12-16-6-8-18(21)9-7-16)25(20)14-17-4-2-3-5-17/h6-9,15,17H,2-5,10-14H2,1H3. The Morgan fingerprint density at radius 1 is 1.08 bits per heavy atom. The van der Waals surface area contributed by atoms with Gasteiger partial charge in [-0.3, -0.25) is 4.57 Å². The SMILES string of the molecule is CC1CCN(c2nnc(Cc3ccc(F)cc3)n2CC2CCCC2)C1. The predicted octanol–water partition coefficient (Wildman–Crippen LogP) is 4.04. The minimum Gasteiger partial charge on any atom is -0.341 e. The van der Waals surface area contributed by atoms with Crippen LogP contribution in [0.3, 0.4) is 0 Å². The first kappa shape index (κ1) is 16.6. The highest BCUT2D eigenvalue weighted by atomic mass is 19.1. The summed E-state index contributed by atoms with van der Waals surface area (Å²) in [5, 5.41) is 9.08. The summed E-state index contributed by atoms with van der Waals surface area (Å²) < 4.78 is 15.5. The van der Waals surface area contributed by atoms with E-state index in [0.29, 0.717) is 6.42 Å². The first-order valence-electron chi connectivity index (χ1n) is 9.60. The lowest BCUT2D eigenvalue weighted by molar-refractivity contribution is 0.448. The second kappa shape index (κ2) is 7.14. The lowest BCUT2D eigenvalue weighted by atomic mass is 10.1. The molecule has 4 nitrogen and oxygen atoms in total. The molecule has 1 aliphatic carbocycles. The van der Waals surface area contributed by atoms with Gasteiger partial charge in [-0.2, -0.15) is 0 Å². The maximum absolute atomic E-state index is 13.2. The third kappa shape index (κ3) is 3.70. The van der Waals surface area contributed by atoms with Crippen molar-refractivity contribution in [2.75, 3.05) is 18.0 Å². The number of hydrogen-bond acceptors (Lipinski definition) is 3. The number of rotatable bonds is 5. The summed E-state index contributed by atoms with van der Waals surface area (Å²) in [6, 6.07) is 6.75. The number of hydrogen-bond donors (Lipinski definition) is 0. The van der Waals surface area contributed by atoms with Crippen LogP contribution < -0.4 is 4.90 Å². The zero-order chi connectivity index (χ0) is 17.2. The molecule has 1 aromatic carbocycles. The van der Waals surface area contributed by atoms with Gasteiger partial charge < -0.3 is 4.90 Å². The van der Waals surface area contributed by atoms with E-state index in [1.807, 2.05) is 12.1 Å². The smallest absolute Gasteiger partial charge is 0.227 e. The Hall–Kier alpha value is -1.91. The van der Waals surface area contributed by atoms with Crippen LogP contribution in [0.1, 0.15) is 50.4 Å². The van der Waals surface area contributed by atoms with E-state index >= 15 is 0 Å². The largest absolute Gasteiger partial charge is 0.341 e. The predicted molar refractivity (Wildman–Crippen MR) is 97.2 cm³/mol. The molecule has 25 heavy (non-hydrogen) atoms. The Kier molecular flexibility index (Phi) is 4.73. The third-order valence-electron chi connectivity index (χ3n) is 5.71. The van der Waals surface area contributed by atoms with Crippen molar-refractivity contribution in [2.24, 2.45) is 11.8 Å². The van der Waals surface area contributed by atoms with Gasteiger partial charge in [0.05, 0.1) is 0 Å². The monoisotopic (exact) mass is 342 g/mol. The van der Waals surface area contributed by atoms with Gasteiger partial charge in [0.15, 0.2) is 0 Å². The molecule has 5 heteroatoms. The van der Waals surface area contributed by atoms with Gasteiger partial charge in [0, 0.05) is 26.1 Å². The molecule has 0 amide bonds. The van der Waals surface area contributed by atoms with Crippen molar-refractivity contribution in [1.29, 1.82) is 0 Å². The van der Waals surface area contributed by atoms with Crippen LogP contribution >= 0.6 is 0 Å². The first-order chi connectivity index (χ1) is 12.2. The van der Waals surface area contributed by atoms with Crippen molar-refractivity contribution in [1.82, 2.24) is 14.8 Å². The van der Waals surface area contributed by atoms with Crippen molar-refractivity contribution < 1.29 is 4.39 Å². The number of aromatic nitrogens is 3. The molecule has 4 rings (SSSR count). The Balaban J connectivity index is 1.60. The molecule has 2 aliphatic rings. The maximum atomic E-state index is 13.2. The van der Waals surface area contributed by atoms with Gasteiger partial charge in [0.1, 0.15) is 11.6 Å². The minimum absolute atomic E-state index is 0.192. The molecule has 2 heterocycles. The molecule has 2 aromatic rings. The van der Waals surface area contributed by atoms with Gasteiger partial charge in [-0.05, 0) is 48.8 Å². The van der Waals surface area contributed by atoms with E-state index < -0.39 is 0 Å². The van der Waals surface area contributed by atoms with Crippen LogP contribution in [-0.2, 0) is 13.0 Å². The first-order valence-corrected chi connectivity index (χ1v) is 9.60. The van der Waals surface area contributed by atoms with Crippen LogP contribution in [-0.4, -0.2) is 27.9 Å². The van der Waals surface area contributed by atoms with E-state index in [-0.39, 0.29) is 5.82 Å². The maximum Gasteiger partial charge on any atom is 0.227 e. The number of benzene rings is 1. The van der Waals surface area contributed by atoms with E-state index in [4.69, 9.17) is 0 Å². The molecule has 1 saturated carbocycles. The number of nitrogens with zero attached hydrogens (tertiary/aromatic N) is 4. The fourth-order valence-electron chi connectivity index (χ4n) is 4.23. The zero-order valence-corrected chi connectivity index (χ0v) is 15.0. The minimum atomic E-state index is -0.192. The highest BCUT2D eigenvalue weighted by Gasteiger charge is 2.26. The molecule has 1 saturated heterocycles. The van der Waals surface area contributed by atoms with Crippen LogP contribution in [0.5, 0.6) is 0 Å². The average molecular weight is 342 g/mol. The molecule has 1 aliphatic heterocycles. The lowest BCUT2D eigenvalue weighted by Crippen LogP contribution is -2.25. The Labute approximate surface area is 149 Å². The lowest BCUT2D eigenvalue weighted by Gasteiger charge is -2.21. The van der Waals surface area contributed by atoms with Crippen LogP contribution in [0, 0.1) is 17.7 Å². The van der Waals surface area contributed by atoms with Gasteiger partial charge in [0.2, 0.25) is 5.95 Å². The summed E-state index contributed by atoms with van der Waals surface area (Å²) >= 11 is 0. The molecule has 0 bridgehead atoms. The Bertz CT molecular complexity index is 703. The van der Waals surface area contributed by atoms with Gasteiger partial charge in [0.25, 0.3) is 0 Å². The highest BCUT2D eigenvalue weighted by molar-refractivity contribution is 5.34. The summed E-state index contributed by atoms with van der Waals surface area (Å²) in [4.78, 5) is 2.39. The Morgan fingerprint density at radius 3 is 2.52 bits per heavy atom. The van der Waals surface area contributed by atoms with Gasteiger partial charge in [-0.15, -0.1) is 10.2 Å². The number of halogens is 1. The summed E-state index contributed by atoms with van der Waals surface area (Å²) in [6.07, 6.45) is 7.24. The van der Waals surface area contributed by atoms with Crippen molar-refractivity contribution in [3.05, 3.63) is 41.5 Å². The molecular weight excluding hydrogens is 315 g/mol. The summed E-state index contributed by atoms with van der Waals surface area (Å²) in [5.41, 5.74) is 1.09. The molecule has 0 N–H and O–H groups in total. The molecular formula is C20H27FN4. The van der Waals surface area contributed by atoms with Gasteiger partial charge in [-0.1, -0.05) is 31.9 Å². The van der Waals surface area contributed by atoms with Crippen LogP contribution in [0.4, 0.5) is 10.3 Å². The second-order valence-electron chi connectivity index (χ2n) is 7.82. The van der Waals surface area contributed by atoms with Crippen LogP contribution in [0.2, 0.25) is 0 Å². The van der Waals surface area contributed by atoms with Gasteiger partial charge in [-0.25, -0.2) is 4.39 Å². The number of anilines is 1. The van der Waals surface area contributed by atoms with E-state index in [9.17, 15) is 4.39 Å². The molecule has 2 fully saturated rings. The topological polar surface area (TPSA) is 34.0 Å². The second-order valence-corrected chi connectivity index (χ2v) is 7.82. The van der Waals surface area contributed by atoms with E-state index in [0.717, 1.165) is 48.8 Å². The van der Waals surface area contributed by atoms with E-state index in [2.05, 4.69) is 26.6 Å². The highest BCUT2D eigenvalue weighted by Crippen LogP contribution is 2.30. The zero-order valence-electron chi connectivity index (χ0n) is 15.0. The van der Waals surface area contributed by atoms with Crippen LogP contribution in [0.15, 0.2) is 24.3 Å². The summed E-state index contributed by atoms with van der Waals surface area (Å²) in [6.45, 7) is 5.46. The fourth-order valence-corrected chi connectivity index (χ4v) is 4.23. The summed E-state index contributed by atoms with van der Waals surface area (Å²) in [5.74, 6) is 3.31. The van der Waals surface area contributed by atoms with Crippen molar-refractivity contribution >= 4 is 5.95 Å².